The molecule has 1 aliphatic heterocycles. The van der Waals surface area contributed by atoms with E-state index in [9.17, 15) is 14.0 Å². The van der Waals surface area contributed by atoms with E-state index >= 15 is 0 Å². The molecule has 3 aromatic rings. The standard InChI is InChI=1S/C25H26FN3O6/c1-2-32-21-14-18(8-11-20(21)33-16-23(30)29-12-4-3-5-13-29)25(31)34-15-22-27-24(28-35-22)17-6-9-19(26)10-7-17/h6-11,14H,2-5,12-13,15-16H2,1H3. The summed E-state index contributed by atoms with van der Waals surface area (Å²) in [5.74, 6) is -0.00462. The number of ether oxygens (including phenoxy) is 3. The zero-order chi connectivity index (χ0) is 24.6. The molecule has 0 N–H and O–H groups in total. The molecule has 184 valence electrons. The third kappa shape index (κ3) is 6.34. The monoisotopic (exact) mass is 483 g/mol. The van der Waals surface area contributed by atoms with E-state index in [-0.39, 0.29) is 42.2 Å². The maximum Gasteiger partial charge on any atom is 0.338 e. The molecule has 2 aromatic carbocycles. The molecule has 4 rings (SSSR count). The minimum Gasteiger partial charge on any atom is -0.490 e. The Balaban J connectivity index is 1.35. The predicted molar refractivity (Wildman–Crippen MR) is 122 cm³/mol. The van der Waals surface area contributed by atoms with Gasteiger partial charge in [0.25, 0.3) is 11.8 Å². The number of likely N-dealkylation sites (tertiary alicyclic amines) is 1. The minimum absolute atomic E-state index is 0.0739. The van der Waals surface area contributed by atoms with Gasteiger partial charge in [-0.2, -0.15) is 4.98 Å². The highest BCUT2D eigenvalue weighted by molar-refractivity contribution is 5.90. The fourth-order valence-electron chi connectivity index (χ4n) is 3.64. The van der Waals surface area contributed by atoms with Gasteiger partial charge in [-0.1, -0.05) is 5.16 Å². The highest BCUT2D eigenvalue weighted by atomic mass is 19.1. The van der Waals surface area contributed by atoms with Crippen molar-refractivity contribution < 1.29 is 32.7 Å². The number of esters is 1. The summed E-state index contributed by atoms with van der Waals surface area (Å²) in [5.41, 5.74) is 0.810. The van der Waals surface area contributed by atoms with E-state index in [1.165, 1.54) is 36.4 Å². The van der Waals surface area contributed by atoms with Crippen LogP contribution in [0.1, 0.15) is 42.4 Å². The number of rotatable bonds is 9. The van der Waals surface area contributed by atoms with Crippen LogP contribution in [0.15, 0.2) is 47.0 Å². The molecule has 9 nitrogen and oxygen atoms in total. The molecule has 1 saturated heterocycles. The zero-order valence-electron chi connectivity index (χ0n) is 19.4. The van der Waals surface area contributed by atoms with Crippen LogP contribution in [0, 0.1) is 5.82 Å². The molecule has 1 fully saturated rings. The van der Waals surface area contributed by atoms with Crippen molar-refractivity contribution in [3.63, 3.8) is 0 Å². The Bertz CT molecular complexity index is 1160. The smallest absolute Gasteiger partial charge is 0.338 e. The topological polar surface area (TPSA) is 104 Å². The highest BCUT2D eigenvalue weighted by Crippen LogP contribution is 2.29. The lowest BCUT2D eigenvalue weighted by atomic mass is 10.1. The van der Waals surface area contributed by atoms with Crippen molar-refractivity contribution >= 4 is 11.9 Å². The summed E-state index contributed by atoms with van der Waals surface area (Å²) >= 11 is 0. The second kappa shape index (κ2) is 11.5. The Morgan fingerprint density at radius 2 is 1.80 bits per heavy atom. The third-order valence-electron chi connectivity index (χ3n) is 5.44. The van der Waals surface area contributed by atoms with Gasteiger partial charge in [0, 0.05) is 18.7 Å². The van der Waals surface area contributed by atoms with Crippen LogP contribution in [0.25, 0.3) is 11.4 Å². The van der Waals surface area contributed by atoms with Gasteiger partial charge in [-0.05, 0) is 68.7 Å². The summed E-state index contributed by atoms with van der Waals surface area (Å²) in [6.45, 7) is 3.31. The maximum absolute atomic E-state index is 13.1. The average Bonchev–Trinajstić information content (AvgIpc) is 3.36. The number of halogens is 1. The fourth-order valence-corrected chi connectivity index (χ4v) is 3.64. The number of piperidine rings is 1. The number of carbonyl (C=O) groups is 2. The fraction of sp³-hybridized carbons (Fsp3) is 0.360. The van der Waals surface area contributed by atoms with Crippen LogP contribution in [0.4, 0.5) is 4.39 Å². The van der Waals surface area contributed by atoms with Crippen molar-refractivity contribution in [1.29, 1.82) is 0 Å². The van der Waals surface area contributed by atoms with Crippen LogP contribution in [0.5, 0.6) is 11.5 Å². The van der Waals surface area contributed by atoms with Crippen molar-refractivity contribution in [1.82, 2.24) is 15.0 Å². The van der Waals surface area contributed by atoms with Crippen LogP contribution in [0.2, 0.25) is 0 Å². The highest BCUT2D eigenvalue weighted by Gasteiger charge is 2.19. The average molecular weight is 483 g/mol. The first-order chi connectivity index (χ1) is 17.0. The second-order valence-electron chi connectivity index (χ2n) is 7.92. The van der Waals surface area contributed by atoms with Gasteiger partial charge in [-0.15, -0.1) is 0 Å². The van der Waals surface area contributed by atoms with E-state index in [4.69, 9.17) is 18.7 Å². The molecule has 0 bridgehead atoms. The van der Waals surface area contributed by atoms with Gasteiger partial charge in [0.2, 0.25) is 5.82 Å². The molecule has 1 aromatic heterocycles. The molecule has 0 radical (unpaired) electrons. The Morgan fingerprint density at radius 3 is 2.54 bits per heavy atom. The van der Waals surface area contributed by atoms with Crippen molar-refractivity contribution in [2.75, 3.05) is 26.3 Å². The minimum atomic E-state index is -0.622. The van der Waals surface area contributed by atoms with Gasteiger partial charge in [0.05, 0.1) is 12.2 Å². The van der Waals surface area contributed by atoms with Gasteiger partial charge < -0.3 is 23.6 Å². The van der Waals surface area contributed by atoms with E-state index in [2.05, 4.69) is 10.1 Å². The number of nitrogens with zero attached hydrogens (tertiary/aromatic N) is 3. The number of hydrogen-bond donors (Lipinski definition) is 0. The quantitative estimate of drug-likeness (QED) is 0.421. The Morgan fingerprint density at radius 1 is 1.03 bits per heavy atom. The van der Waals surface area contributed by atoms with Crippen molar-refractivity contribution in [3.8, 4) is 22.9 Å². The largest absolute Gasteiger partial charge is 0.490 e. The van der Waals surface area contributed by atoms with Crippen molar-refractivity contribution in [2.45, 2.75) is 32.8 Å². The first kappa shape index (κ1) is 24.2. The molecule has 1 aliphatic rings. The summed E-state index contributed by atoms with van der Waals surface area (Å²) in [6, 6.07) is 10.2. The molecular formula is C25H26FN3O6. The van der Waals surface area contributed by atoms with Gasteiger partial charge in [0.15, 0.2) is 24.7 Å². The summed E-state index contributed by atoms with van der Waals surface area (Å²) in [7, 11) is 0. The lowest BCUT2D eigenvalue weighted by molar-refractivity contribution is -0.134. The Kier molecular flexibility index (Phi) is 7.92. The molecule has 0 aliphatic carbocycles. The van der Waals surface area contributed by atoms with Crippen LogP contribution in [0.3, 0.4) is 0 Å². The van der Waals surface area contributed by atoms with E-state index < -0.39 is 5.97 Å². The molecule has 0 spiro atoms. The normalized spacial score (nSPS) is 13.4. The molecule has 0 unspecified atom stereocenters. The van der Waals surface area contributed by atoms with Crippen molar-refractivity contribution in [3.05, 3.63) is 59.7 Å². The third-order valence-corrected chi connectivity index (χ3v) is 5.44. The summed E-state index contributed by atoms with van der Waals surface area (Å²) < 4.78 is 34.8. The van der Waals surface area contributed by atoms with Crippen LogP contribution in [-0.4, -0.2) is 53.2 Å². The van der Waals surface area contributed by atoms with Gasteiger partial charge >= 0.3 is 5.97 Å². The summed E-state index contributed by atoms with van der Waals surface area (Å²) in [5, 5.41) is 3.82. The predicted octanol–water partition coefficient (Wildman–Crippen LogP) is 4.02. The summed E-state index contributed by atoms with van der Waals surface area (Å²) in [6.07, 6.45) is 3.15. The number of benzene rings is 2. The SMILES string of the molecule is CCOc1cc(C(=O)OCc2nc(-c3ccc(F)cc3)no2)ccc1OCC(=O)N1CCCCC1. The molecule has 0 saturated carbocycles. The molecule has 0 atom stereocenters. The summed E-state index contributed by atoms with van der Waals surface area (Å²) in [4.78, 5) is 30.9. The molecule has 10 heteroatoms. The van der Waals surface area contributed by atoms with Crippen LogP contribution in [-0.2, 0) is 16.1 Å². The van der Waals surface area contributed by atoms with Gasteiger partial charge in [-0.25, -0.2) is 9.18 Å². The first-order valence-electron chi connectivity index (χ1n) is 11.5. The van der Waals surface area contributed by atoms with E-state index in [1.807, 2.05) is 6.92 Å². The number of amides is 1. The molecule has 2 heterocycles. The Labute approximate surface area is 201 Å². The maximum atomic E-state index is 13.1. The van der Waals surface area contributed by atoms with Crippen LogP contribution < -0.4 is 9.47 Å². The van der Waals surface area contributed by atoms with Gasteiger partial charge in [-0.3, -0.25) is 4.79 Å². The van der Waals surface area contributed by atoms with Crippen LogP contribution >= 0.6 is 0 Å². The first-order valence-corrected chi connectivity index (χ1v) is 11.5. The van der Waals surface area contributed by atoms with Gasteiger partial charge in [0.1, 0.15) is 5.82 Å². The van der Waals surface area contributed by atoms with E-state index in [0.29, 0.717) is 23.7 Å². The molecule has 35 heavy (non-hydrogen) atoms. The van der Waals surface area contributed by atoms with Crippen molar-refractivity contribution in [2.24, 2.45) is 0 Å². The second-order valence-corrected chi connectivity index (χ2v) is 7.92. The zero-order valence-corrected chi connectivity index (χ0v) is 19.4. The number of carbonyl (C=O) groups excluding carboxylic acids is 2. The number of hydrogen-bond acceptors (Lipinski definition) is 8. The Hall–Kier alpha value is -3.95. The van der Waals surface area contributed by atoms with E-state index in [0.717, 1.165) is 32.4 Å². The molecular weight excluding hydrogens is 457 g/mol. The lowest BCUT2D eigenvalue weighted by Gasteiger charge is -2.26. The van der Waals surface area contributed by atoms with E-state index in [1.54, 1.807) is 11.0 Å². The number of aromatic nitrogens is 2. The molecule has 1 amide bonds. The lowest BCUT2D eigenvalue weighted by Crippen LogP contribution is -2.38.